The van der Waals surface area contributed by atoms with E-state index < -0.39 is 0 Å². The van der Waals surface area contributed by atoms with Crippen molar-refractivity contribution in [1.29, 1.82) is 0 Å². The highest BCUT2D eigenvalue weighted by molar-refractivity contribution is 6.32. The Kier molecular flexibility index (Phi) is 3.74. The van der Waals surface area contributed by atoms with E-state index in [9.17, 15) is 0 Å². The van der Waals surface area contributed by atoms with Crippen molar-refractivity contribution in [3.05, 3.63) is 28.8 Å². The van der Waals surface area contributed by atoms with Gasteiger partial charge in [-0.25, -0.2) is 0 Å². The van der Waals surface area contributed by atoms with Crippen molar-refractivity contribution in [1.82, 2.24) is 0 Å². The van der Waals surface area contributed by atoms with Crippen LogP contribution in [0, 0.1) is 17.8 Å². The van der Waals surface area contributed by atoms with Gasteiger partial charge < -0.3 is 15.7 Å². The number of ether oxygens (including phenoxy) is 1. The summed E-state index contributed by atoms with van der Waals surface area (Å²) < 4.78 is 5.87. The van der Waals surface area contributed by atoms with Crippen molar-refractivity contribution >= 4 is 17.4 Å². The third kappa shape index (κ3) is 2.57. The Morgan fingerprint density at radius 1 is 1.40 bits per heavy atom. The first-order valence-corrected chi connectivity index (χ1v) is 7.45. The molecule has 1 aromatic carbocycles. The van der Waals surface area contributed by atoms with Crippen molar-refractivity contribution in [2.24, 2.45) is 28.6 Å². The number of nitrogens with two attached hydrogens (primary N) is 1. The van der Waals surface area contributed by atoms with Gasteiger partial charge in [0, 0.05) is 5.56 Å². The number of amidine groups is 1. The predicted molar refractivity (Wildman–Crippen MR) is 78.4 cm³/mol. The summed E-state index contributed by atoms with van der Waals surface area (Å²) in [6.45, 7) is 0.740. The molecule has 1 aromatic rings. The van der Waals surface area contributed by atoms with Crippen LogP contribution in [0.5, 0.6) is 5.75 Å². The standard InChI is InChI=1S/C15H19ClN2O2/c16-13-7-11(15(17)18-19)3-4-14(13)20-8-12-6-9-1-2-10(12)5-9/h3-4,7,9-10,12,19H,1-2,5-6,8H2,(H2,17,18). The number of rotatable bonds is 4. The van der Waals surface area contributed by atoms with Crippen LogP contribution >= 0.6 is 11.6 Å². The second kappa shape index (κ2) is 5.52. The van der Waals surface area contributed by atoms with E-state index in [4.69, 9.17) is 27.3 Å². The van der Waals surface area contributed by atoms with E-state index in [0.717, 1.165) is 18.4 Å². The van der Waals surface area contributed by atoms with E-state index in [1.54, 1.807) is 18.2 Å². The fraction of sp³-hybridized carbons (Fsp3) is 0.533. The molecule has 3 N–H and O–H groups in total. The van der Waals surface area contributed by atoms with Gasteiger partial charge >= 0.3 is 0 Å². The Bertz CT molecular complexity index is 533. The highest BCUT2D eigenvalue weighted by Crippen LogP contribution is 2.48. The van der Waals surface area contributed by atoms with Crippen molar-refractivity contribution in [2.75, 3.05) is 6.61 Å². The Balaban J connectivity index is 1.63. The summed E-state index contributed by atoms with van der Waals surface area (Å²) in [4.78, 5) is 0. The Hall–Kier alpha value is -1.42. The van der Waals surface area contributed by atoms with Gasteiger partial charge in [0.05, 0.1) is 11.6 Å². The zero-order chi connectivity index (χ0) is 14.1. The van der Waals surface area contributed by atoms with Crippen molar-refractivity contribution in [2.45, 2.75) is 25.7 Å². The molecule has 4 nitrogen and oxygen atoms in total. The number of hydrogen-bond acceptors (Lipinski definition) is 3. The maximum Gasteiger partial charge on any atom is 0.170 e. The molecular formula is C15H19ClN2O2. The van der Waals surface area contributed by atoms with Crippen LogP contribution in [-0.2, 0) is 0 Å². The number of nitrogens with zero attached hydrogens (tertiary/aromatic N) is 1. The minimum Gasteiger partial charge on any atom is -0.492 e. The van der Waals surface area contributed by atoms with Crippen LogP contribution in [0.2, 0.25) is 5.02 Å². The second-order valence-electron chi connectivity index (χ2n) is 5.88. The maximum atomic E-state index is 8.64. The first kappa shape index (κ1) is 13.6. The van der Waals surface area contributed by atoms with Crippen molar-refractivity contribution in [3.63, 3.8) is 0 Å². The number of oxime groups is 1. The van der Waals surface area contributed by atoms with Gasteiger partial charge in [0.15, 0.2) is 5.84 Å². The molecule has 2 bridgehead atoms. The molecule has 2 aliphatic carbocycles. The summed E-state index contributed by atoms with van der Waals surface area (Å²) in [6, 6.07) is 5.19. The molecule has 3 atom stereocenters. The van der Waals surface area contributed by atoms with Gasteiger partial charge in [-0.2, -0.15) is 0 Å². The maximum absolute atomic E-state index is 8.64. The minimum absolute atomic E-state index is 0.0477. The lowest BCUT2D eigenvalue weighted by Gasteiger charge is -2.22. The summed E-state index contributed by atoms with van der Waals surface area (Å²) in [7, 11) is 0. The molecule has 0 aromatic heterocycles. The van der Waals surface area contributed by atoms with Crippen LogP contribution in [0.1, 0.15) is 31.2 Å². The van der Waals surface area contributed by atoms with E-state index in [-0.39, 0.29) is 5.84 Å². The first-order chi connectivity index (χ1) is 9.67. The summed E-state index contributed by atoms with van der Waals surface area (Å²) >= 11 is 6.18. The molecule has 108 valence electrons. The summed E-state index contributed by atoms with van der Waals surface area (Å²) in [5, 5.41) is 12.1. The molecule has 3 unspecified atom stereocenters. The van der Waals surface area contributed by atoms with Crippen LogP contribution in [0.15, 0.2) is 23.4 Å². The number of benzene rings is 1. The third-order valence-corrected chi connectivity index (χ3v) is 4.97. The zero-order valence-corrected chi connectivity index (χ0v) is 12.0. The first-order valence-electron chi connectivity index (χ1n) is 7.07. The van der Waals surface area contributed by atoms with Gasteiger partial charge in [-0.15, -0.1) is 0 Å². The number of fused-ring (bicyclic) bond motifs is 2. The van der Waals surface area contributed by atoms with Crippen molar-refractivity contribution in [3.8, 4) is 5.75 Å². The topological polar surface area (TPSA) is 67.8 Å². The fourth-order valence-electron chi connectivity index (χ4n) is 3.61. The SMILES string of the molecule is NC(=NO)c1ccc(OCC2CC3CCC2C3)c(Cl)c1. The fourth-order valence-corrected chi connectivity index (χ4v) is 3.85. The normalized spacial score (nSPS) is 28.9. The number of halogens is 1. The lowest BCUT2D eigenvalue weighted by molar-refractivity contribution is 0.195. The van der Waals surface area contributed by atoms with E-state index in [1.807, 2.05) is 0 Å². The molecule has 0 amide bonds. The van der Waals surface area contributed by atoms with Crippen LogP contribution in [0.4, 0.5) is 0 Å². The summed E-state index contributed by atoms with van der Waals surface area (Å²) in [5.74, 6) is 3.16. The molecule has 3 rings (SSSR count). The summed E-state index contributed by atoms with van der Waals surface area (Å²) in [6.07, 6.45) is 5.43. The molecule has 2 aliphatic rings. The van der Waals surface area contributed by atoms with E-state index in [1.165, 1.54) is 25.7 Å². The van der Waals surface area contributed by atoms with Crippen molar-refractivity contribution < 1.29 is 9.94 Å². The molecule has 0 aliphatic heterocycles. The smallest absolute Gasteiger partial charge is 0.170 e. The van der Waals surface area contributed by atoms with Crippen LogP contribution < -0.4 is 10.5 Å². The Morgan fingerprint density at radius 2 is 2.25 bits per heavy atom. The molecule has 2 fully saturated rings. The third-order valence-electron chi connectivity index (χ3n) is 4.67. The Morgan fingerprint density at radius 3 is 2.85 bits per heavy atom. The second-order valence-corrected chi connectivity index (χ2v) is 6.28. The number of hydrogen-bond donors (Lipinski definition) is 2. The average molecular weight is 295 g/mol. The molecule has 0 saturated heterocycles. The van der Waals surface area contributed by atoms with Gasteiger partial charge in [0.25, 0.3) is 0 Å². The van der Waals surface area contributed by atoms with E-state index in [2.05, 4.69) is 5.16 Å². The van der Waals surface area contributed by atoms with Crippen LogP contribution in [0.3, 0.4) is 0 Å². The monoisotopic (exact) mass is 294 g/mol. The molecular weight excluding hydrogens is 276 g/mol. The average Bonchev–Trinajstić information content (AvgIpc) is 3.07. The molecule has 0 heterocycles. The highest BCUT2D eigenvalue weighted by atomic mass is 35.5. The van der Waals surface area contributed by atoms with Gasteiger partial charge in [0.1, 0.15) is 5.75 Å². The van der Waals surface area contributed by atoms with Crippen LogP contribution in [-0.4, -0.2) is 17.6 Å². The lowest BCUT2D eigenvalue weighted by atomic mass is 9.89. The lowest BCUT2D eigenvalue weighted by Crippen LogP contribution is -2.18. The molecule has 0 spiro atoms. The quantitative estimate of drug-likeness (QED) is 0.388. The van der Waals surface area contributed by atoms with Gasteiger partial charge in [0.2, 0.25) is 0 Å². The summed E-state index contributed by atoms with van der Waals surface area (Å²) in [5.41, 5.74) is 6.12. The van der Waals surface area contributed by atoms with Gasteiger partial charge in [-0.05, 0) is 55.2 Å². The Labute approximate surface area is 123 Å². The molecule has 0 radical (unpaired) electrons. The largest absolute Gasteiger partial charge is 0.492 e. The molecule has 2 saturated carbocycles. The van der Waals surface area contributed by atoms with E-state index >= 15 is 0 Å². The van der Waals surface area contributed by atoms with Gasteiger partial charge in [-0.3, -0.25) is 0 Å². The van der Waals surface area contributed by atoms with E-state index in [0.29, 0.717) is 22.3 Å². The molecule has 20 heavy (non-hydrogen) atoms. The molecule has 5 heteroatoms. The van der Waals surface area contributed by atoms with Crippen LogP contribution in [0.25, 0.3) is 0 Å². The zero-order valence-electron chi connectivity index (χ0n) is 11.3. The minimum atomic E-state index is 0.0477. The predicted octanol–water partition coefficient (Wildman–Crippen LogP) is 3.25. The highest BCUT2D eigenvalue weighted by Gasteiger charge is 2.39. The van der Waals surface area contributed by atoms with Gasteiger partial charge in [-0.1, -0.05) is 23.2 Å².